The number of nitrogens with one attached hydrogen (secondary N) is 1. The van der Waals surface area contributed by atoms with Gasteiger partial charge in [-0.05, 0) is 16.9 Å². The third-order valence-electron chi connectivity index (χ3n) is 5.52. The summed E-state index contributed by atoms with van der Waals surface area (Å²) in [5.41, 5.74) is 1.02. The van der Waals surface area contributed by atoms with Crippen LogP contribution < -0.4 is 5.32 Å². The van der Waals surface area contributed by atoms with Gasteiger partial charge >= 0.3 is 5.97 Å². The van der Waals surface area contributed by atoms with Crippen LogP contribution in [-0.4, -0.2) is 42.5 Å². The number of likely N-dealkylation sites (tertiary alicyclic amines) is 1. The molecule has 3 rings (SSSR count). The average molecular weight is 330 g/mol. The zero-order chi connectivity index (χ0) is 17.5. The number of piperidine rings is 1. The van der Waals surface area contributed by atoms with E-state index in [0.717, 1.165) is 5.56 Å². The number of carbonyl (C=O) groups excluding carboxylic acids is 2. The van der Waals surface area contributed by atoms with Crippen LogP contribution in [-0.2, 0) is 20.9 Å². The highest BCUT2D eigenvalue weighted by Crippen LogP contribution is 2.43. The molecular formula is C19H26N2O3. The number of rotatable bonds is 3. The van der Waals surface area contributed by atoms with Crippen molar-refractivity contribution in [3.63, 3.8) is 0 Å². The minimum absolute atomic E-state index is 0.00359. The quantitative estimate of drug-likeness (QED) is 0.859. The van der Waals surface area contributed by atoms with Crippen molar-refractivity contribution in [2.75, 3.05) is 13.7 Å². The van der Waals surface area contributed by atoms with Crippen LogP contribution in [0.25, 0.3) is 0 Å². The fourth-order valence-electron chi connectivity index (χ4n) is 4.27. The van der Waals surface area contributed by atoms with Crippen LogP contribution in [0.1, 0.15) is 26.3 Å². The maximum atomic E-state index is 13.1. The summed E-state index contributed by atoms with van der Waals surface area (Å²) in [6, 6.07) is 9.63. The van der Waals surface area contributed by atoms with Gasteiger partial charge in [0.25, 0.3) is 0 Å². The predicted molar refractivity (Wildman–Crippen MR) is 91.0 cm³/mol. The normalized spacial score (nSPS) is 31.7. The Kier molecular flexibility index (Phi) is 4.38. The molecule has 4 atom stereocenters. The summed E-state index contributed by atoms with van der Waals surface area (Å²) in [6.07, 6.45) is 0. The minimum Gasteiger partial charge on any atom is -0.468 e. The van der Waals surface area contributed by atoms with Crippen molar-refractivity contribution in [3.05, 3.63) is 35.9 Å². The highest BCUT2D eigenvalue weighted by Gasteiger charge is 2.56. The van der Waals surface area contributed by atoms with Gasteiger partial charge in [-0.25, -0.2) is 0 Å². The first-order valence-corrected chi connectivity index (χ1v) is 8.52. The van der Waals surface area contributed by atoms with Gasteiger partial charge in [-0.15, -0.1) is 0 Å². The highest BCUT2D eigenvalue weighted by atomic mass is 16.5. The molecule has 1 N–H and O–H groups in total. The molecular weight excluding hydrogens is 304 g/mol. The molecule has 24 heavy (non-hydrogen) atoms. The van der Waals surface area contributed by atoms with Crippen LogP contribution >= 0.6 is 0 Å². The van der Waals surface area contributed by atoms with E-state index in [0.29, 0.717) is 13.1 Å². The van der Waals surface area contributed by atoms with Gasteiger partial charge < -0.3 is 9.64 Å². The standard InChI is InChI=1S/C19H26N2O3/c1-12-14-16(20-15(12)18(23)24-4)19(2,3)11-21(17(14)22)10-13-8-6-5-7-9-13/h5-9,12,14-16,20H,10-11H2,1-4H3/t12-,14-,15-,16+/m1/s1. The summed E-state index contributed by atoms with van der Waals surface area (Å²) in [5.74, 6) is -0.418. The Balaban J connectivity index is 1.86. The van der Waals surface area contributed by atoms with Gasteiger partial charge in [0.1, 0.15) is 6.04 Å². The molecule has 130 valence electrons. The Labute approximate surface area is 143 Å². The van der Waals surface area contributed by atoms with Gasteiger partial charge in [0.2, 0.25) is 5.91 Å². The largest absolute Gasteiger partial charge is 0.468 e. The second-order valence-corrected chi connectivity index (χ2v) is 7.70. The SMILES string of the molecule is COC(=O)[C@@H]1N[C@H]2[C@H](C(=O)N(Cc3ccccc3)CC2(C)C)[C@H]1C. The topological polar surface area (TPSA) is 58.6 Å². The van der Waals surface area contributed by atoms with Crippen molar-refractivity contribution in [1.29, 1.82) is 0 Å². The first-order chi connectivity index (χ1) is 11.3. The summed E-state index contributed by atoms with van der Waals surface area (Å²) in [7, 11) is 1.40. The third kappa shape index (κ3) is 2.81. The number of carbonyl (C=O) groups is 2. The fourth-order valence-corrected chi connectivity index (χ4v) is 4.27. The average Bonchev–Trinajstić information content (AvgIpc) is 2.91. The van der Waals surface area contributed by atoms with Crippen molar-refractivity contribution >= 4 is 11.9 Å². The molecule has 0 bridgehead atoms. The smallest absolute Gasteiger partial charge is 0.323 e. The third-order valence-corrected chi connectivity index (χ3v) is 5.52. The maximum Gasteiger partial charge on any atom is 0.323 e. The van der Waals surface area contributed by atoms with Crippen LogP contribution in [0.15, 0.2) is 30.3 Å². The number of benzene rings is 1. The van der Waals surface area contributed by atoms with Gasteiger partial charge in [-0.1, -0.05) is 51.1 Å². The molecule has 2 aliphatic rings. The van der Waals surface area contributed by atoms with Crippen molar-refractivity contribution in [1.82, 2.24) is 10.2 Å². The summed E-state index contributed by atoms with van der Waals surface area (Å²) in [5, 5.41) is 3.38. The van der Waals surface area contributed by atoms with Gasteiger partial charge in [-0.2, -0.15) is 0 Å². The molecule has 0 aliphatic carbocycles. The lowest BCUT2D eigenvalue weighted by molar-refractivity contribution is -0.146. The number of esters is 1. The summed E-state index contributed by atoms with van der Waals surface area (Å²) < 4.78 is 4.91. The molecule has 2 fully saturated rings. The number of nitrogens with zero attached hydrogens (tertiary/aromatic N) is 1. The molecule has 0 aromatic heterocycles. The van der Waals surface area contributed by atoms with Crippen LogP contribution in [0, 0.1) is 17.3 Å². The molecule has 5 heteroatoms. The lowest BCUT2D eigenvalue weighted by atomic mass is 9.71. The van der Waals surface area contributed by atoms with E-state index in [4.69, 9.17) is 4.74 Å². The summed E-state index contributed by atoms with van der Waals surface area (Å²) in [6.45, 7) is 7.58. The first-order valence-electron chi connectivity index (χ1n) is 8.52. The number of fused-ring (bicyclic) bond motifs is 1. The molecule has 2 saturated heterocycles. The van der Waals surface area contributed by atoms with Crippen molar-refractivity contribution in [2.24, 2.45) is 17.3 Å². The van der Waals surface area contributed by atoms with Gasteiger partial charge in [0.15, 0.2) is 0 Å². The van der Waals surface area contributed by atoms with Crippen molar-refractivity contribution in [3.8, 4) is 0 Å². The highest BCUT2D eigenvalue weighted by molar-refractivity contribution is 5.85. The monoisotopic (exact) mass is 330 g/mol. The van der Waals surface area contributed by atoms with Crippen LogP contribution in [0.4, 0.5) is 0 Å². The van der Waals surface area contributed by atoms with Crippen molar-refractivity contribution in [2.45, 2.75) is 39.4 Å². The Morgan fingerprint density at radius 3 is 2.62 bits per heavy atom. The molecule has 0 spiro atoms. The zero-order valence-electron chi connectivity index (χ0n) is 14.8. The van der Waals surface area contributed by atoms with Crippen LogP contribution in [0.5, 0.6) is 0 Å². The van der Waals surface area contributed by atoms with E-state index in [1.807, 2.05) is 42.2 Å². The van der Waals surface area contributed by atoms with E-state index in [1.54, 1.807) is 0 Å². The molecule has 2 aliphatic heterocycles. The Morgan fingerprint density at radius 2 is 2.00 bits per heavy atom. The molecule has 0 unspecified atom stereocenters. The van der Waals surface area contributed by atoms with Gasteiger partial charge in [-0.3, -0.25) is 14.9 Å². The van der Waals surface area contributed by atoms with E-state index in [2.05, 4.69) is 19.2 Å². The summed E-state index contributed by atoms with van der Waals surface area (Å²) >= 11 is 0. The molecule has 1 amide bonds. The van der Waals surface area contributed by atoms with Crippen LogP contribution in [0.2, 0.25) is 0 Å². The summed E-state index contributed by atoms with van der Waals surface area (Å²) in [4.78, 5) is 27.1. The molecule has 2 heterocycles. The minimum atomic E-state index is -0.412. The Bertz CT molecular complexity index is 629. The molecule has 0 radical (unpaired) electrons. The number of ether oxygens (including phenoxy) is 1. The van der Waals surface area contributed by atoms with E-state index in [-0.39, 0.29) is 35.2 Å². The van der Waals surface area contributed by atoms with Gasteiger partial charge in [0, 0.05) is 19.1 Å². The van der Waals surface area contributed by atoms with E-state index < -0.39 is 6.04 Å². The first kappa shape index (κ1) is 17.0. The lowest BCUT2D eigenvalue weighted by Crippen LogP contribution is -2.59. The number of hydrogen-bond donors (Lipinski definition) is 1. The van der Waals surface area contributed by atoms with Gasteiger partial charge in [0.05, 0.1) is 13.0 Å². The fraction of sp³-hybridized carbons (Fsp3) is 0.579. The maximum absolute atomic E-state index is 13.1. The second kappa shape index (κ2) is 6.20. The molecule has 0 saturated carbocycles. The molecule has 1 aromatic rings. The molecule has 5 nitrogen and oxygen atoms in total. The lowest BCUT2D eigenvalue weighted by Gasteiger charge is -2.46. The predicted octanol–water partition coefficient (Wildman–Crippen LogP) is 1.82. The van der Waals surface area contributed by atoms with E-state index in [9.17, 15) is 9.59 Å². The van der Waals surface area contributed by atoms with Crippen molar-refractivity contribution < 1.29 is 14.3 Å². The number of amides is 1. The Morgan fingerprint density at radius 1 is 1.33 bits per heavy atom. The van der Waals surface area contributed by atoms with E-state index >= 15 is 0 Å². The van der Waals surface area contributed by atoms with Crippen LogP contribution in [0.3, 0.4) is 0 Å². The van der Waals surface area contributed by atoms with E-state index in [1.165, 1.54) is 7.11 Å². The molecule has 1 aromatic carbocycles. The second-order valence-electron chi connectivity index (χ2n) is 7.70. The Hall–Kier alpha value is -1.88. The number of methoxy groups -OCH3 is 1. The zero-order valence-corrected chi connectivity index (χ0v) is 14.8. The number of hydrogen-bond acceptors (Lipinski definition) is 4.